The standard InChI is InChI=1S/C15H18FN3/c1-3-12(17)9-13-6-7-18-15(19-13)14-8-11(16)5-4-10(14)2/h4-8,12H,3,9,17H2,1-2H3. The molecule has 0 saturated heterocycles. The lowest BCUT2D eigenvalue weighted by molar-refractivity contribution is 0.627. The van der Waals surface area contributed by atoms with Gasteiger partial charge < -0.3 is 5.73 Å². The number of rotatable bonds is 4. The molecular weight excluding hydrogens is 241 g/mol. The summed E-state index contributed by atoms with van der Waals surface area (Å²) in [4.78, 5) is 8.70. The van der Waals surface area contributed by atoms with Crippen LogP contribution < -0.4 is 5.73 Å². The molecule has 1 aromatic heterocycles. The summed E-state index contributed by atoms with van der Waals surface area (Å²) in [7, 11) is 0. The van der Waals surface area contributed by atoms with Gasteiger partial charge in [-0.3, -0.25) is 0 Å². The monoisotopic (exact) mass is 259 g/mol. The molecule has 2 N–H and O–H groups in total. The Hall–Kier alpha value is -1.81. The van der Waals surface area contributed by atoms with Gasteiger partial charge in [-0.1, -0.05) is 13.0 Å². The van der Waals surface area contributed by atoms with Gasteiger partial charge in [0.1, 0.15) is 5.82 Å². The van der Waals surface area contributed by atoms with Gasteiger partial charge in [0.25, 0.3) is 0 Å². The molecule has 1 atom stereocenters. The SMILES string of the molecule is CCC(N)Cc1ccnc(-c2cc(F)ccc2C)n1. The van der Waals surface area contributed by atoms with Crippen LogP contribution >= 0.6 is 0 Å². The maximum Gasteiger partial charge on any atom is 0.159 e. The molecule has 0 amide bonds. The Labute approximate surface area is 112 Å². The minimum Gasteiger partial charge on any atom is -0.327 e. The number of halogens is 1. The van der Waals surface area contributed by atoms with Gasteiger partial charge in [0.2, 0.25) is 0 Å². The van der Waals surface area contributed by atoms with Crippen molar-refractivity contribution in [2.45, 2.75) is 32.7 Å². The smallest absolute Gasteiger partial charge is 0.159 e. The van der Waals surface area contributed by atoms with Crippen molar-refractivity contribution >= 4 is 0 Å². The molecule has 0 fully saturated rings. The fraction of sp³-hybridized carbons (Fsp3) is 0.333. The summed E-state index contributed by atoms with van der Waals surface area (Å²) in [5, 5.41) is 0. The van der Waals surface area contributed by atoms with Crippen LogP contribution in [0.4, 0.5) is 4.39 Å². The second-order valence-corrected chi connectivity index (χ2v) is 4.70. The molecule has 19 heavy (non-hydrogen) atoms. The van der Waals surface area contributed by atoms with Crippen molar-refractivity contribution in [3.63, 3.8) is 0 Å². The molecule has 0 aliphatic carbocycles. The number of nitrogens with zero attached hydrogens (tertiary/aromatic N) is 2. The van der Waals surface area contributed by atoms with E-state index in [-0.39, 0.29) is 11.9 Å². The van der Waals surface area contributed by atoms with Crippen LogP contribution in [-0.2, 0) is 6.42 Å². The molecule has 0 bridgehead atoms. The van der Waals surface area contributed by atoms with Gasteiger partial charge in [-0.25, -0.2) is 14.4 Å². The highest BCUT2D eigenvalue weighted by Crippen LogP contribution is 2.21. The average molecular weight is 259 g/mol. The Morgan fingerprint density at radius 1 is 1.32 bits per heavy atom. The van der Waals surface area contributed by atoms with E-state index in [0.29, 0.717) is 12.2 Å². The number of aromatic nitrogens is 2. The predicted octanol–water partition coefficient (Wildman–Crippen LogP) is 2.87. The molecule has 1 heterocycles. The van der Waals surface area contributed by atoms with Gasteiger partial charge in [-0.05, 0) is 37.1 Å². The van der Waals surface area contributed by atoms with E-state index in [1.54, 1.807) is 12.3 Å². The molecule has 3 nitrogen and oxygen atoms in total. The van der Waals surface area contributed by atoms with Crippen molar-refractivity contribution in [3.8, 4) is 11.4 Å². The molecule has 0 aliphatic rings. The van der Waals surface area contributed by atoms with Gasteiger partial charge in [-0.15, -0.1) is 0 Å². The largest absolute Gasteiger partial charge is 0.327 e. The summed E-state index contributed by atoms with van der Waals surface area (Å²) in [6.45, 7) is 3.96. The number of hydrogen-bond acceptors (Lipinski definition) is 3. The Balaban J connectivity index is 2.35. The summed E-state index contributed by atoms with van der Waals surface area (Å²) in [5.41, 5.74) is 8.50. The summed E-state index contributed by atoms with van der Waals surface area (Å²) >= 11 is 0. The number of aryl methyl sites for hydroxylation is 1. The maximum absolute atomic E-state index is 13.3. The molecule has 1 aromatic carbocycles. The average Bonchev–Trinajstić information content (AvgIpc) is 2.41. The van der Waals surface area contributed by atoms with Crippen molar-refractivity contribution in [2.24, 2.45) is 5.73 Å². The normalized spacial score (nSPS) is 12.4. The van der Waals surface area contributed by atoms with E-state index in [1.165, 1.54) is 12.1 Å². The van der Waals surface area contributed by atoms with Crippen molar-refractivity contribution in [2.75, 3.05) is 0 Å². The van der Waals surface area contributed by atoms with E-state index in [1.807, 2.05) is 19.9 Å². The van der Waals surface area contributed by atoms with Crippen LogP contribution in [0.2, 0.25) is 0 Å². The van der Waals surface area contributed by atoms with E-state index >= 15 is 0 Å². The first-order chi connectivity index (χ1) is 9.10. The third-order valence-electron chi connectivity index (χ3n) is 3.15. The van der Waals surface area contributed by atoms with Crippen LogP contribution in [0.15, 0.2) is 30.5 Å². The molecule has 2 aromatic rings. The van der Waals surface area contributed by atoms with Gasteiger partial charge in [0.05, 0.1) is 0 Å². The van der Waals surface area contributed by atoms with Crippen molar-refractivity contribution in [1.29, 1.82) is 0 Å². The number of hydrogen-bond donors (Lipinski definition) is 1. The minimum absolute atomic E-state index is 0.0938. The van der Waals surface area contributed by atoms with Gasteiger partial charge in [0.15, 0.2) is 5.82 Å². The zero-order valence-electron chi connectivity index (χ0n) is 11.2. The topological polar surface area (TPSA) is 51.8 Å². The van der Waals surface area contributed by atoms with E-state index < -0.39 is 0 Å². The van der Waals surface area contributed by atoms with Gasteiger partial charge in [0, 0.05) is 29.9 Å². The molecular formula is C15H18FN3. The van der Waals surface area contributed by atoms with E-state index in [0.717, 1.165) is 23.2 Å². The summed E-state index contributed by atoms with van der Waals surface area (Å²) in [6.07, 6.45) is 3.31. The second kappa shape index (κ2) is 5.89. The lowest BCUT2D eigenvalue weighted by Gasteiger charge is -2.10. The molecule has 1 unspecified atom stereocenters. The number of nitrogens with two attached hydrogens (primary N) is 1. The van der Waals surface area contributed by atoms with E-state index in [2.05, 4.69) is 9.97 Å². The molecule has 0 radical (unpaired) electrons. The first-order valence-corrected chi connectivity index (χ1v) is 6.44. The van der Waals surface area contributed by atoms with Gasteiger partial charge >= 0.3 is 0 Å². The lowest BCUT2D eigenvalue weighted by Crippen LogP contribution is -2.22. The molecule has 0 saturated carbocycles. The quantitative estimate of drug-likeness (QED) is 0.918. The molecule has 0 spiro atoms. The van der Waals surface area contributed by atoms with E-state index in [4.69, 9.17) is 5.73 Å². The van der Waals surface area contributed by atoms with Crippen LogP contribution in [0, 0.1) is 12.7 Å². The molecule has 4 heteroatoms. The summed E-state index contributed by atoms with van der Waals surface area (Å²) in [5.74, 6) is 0.276. The van der Waals surface area contributed by atoms with Crippen LogP contribution in [0.3, 0.4) is 0 Å². The van der Waals surface area contributed by atoms with Gasteiger partial charge in [-0.2, -0.15) is 0 Å². The molecule has 2 rings (SSSR count). The minimum atomic E-state index is -0.278. The Morgan fingerprint density at radius 2 is 2.11 bits per heavy atom. The van der Waals surface area contributed by atoms with Crippen molar-refractivity contribution in [3.05, 3.63) is 47.5 Å². The fourth-order valence-corrected chi connectivity index (χ4v) is 1.89. The molecule has 100 valence electrons. The highest BCUT2D eigenvalue weighted by atomic mass is 19.1. The Kier molecular flexibility index (Phi) is 4.22. The van der Waals surface area contributed by atoms with Crippen LogP contribution in [0.25, 0.3) is 11.4 Å². The second-order valence-electron chi connectivity index (χ2n) is 4.70. The van der Waals surface area contributed by atoms with E-state index in [9.17, 15) is 4.39 Å². The molecule has 0 aliphatic heterocycles. The van der Waals surface area contributed by atoms with Crippen LogP contribution in [0.5, 0.6) is 0 Å². The first kappa shape index (κ1) is 13.6. The highest BCUT2D eigenvalue weighted by molar-refractivity contribution is 5.59. The van der Waals surface area contributed by atoms with Crippen molar-refractivity contribution < 1.29 is 4.39 Å². The predicted molar refractivity (Wildman–Crippen MR) is 74.1 cm³/mol. The lowest BCUT2D eigenvalue weighted by atomic mass is 10.1. The van der Waals surface area contributed by atoms with Crippen molar-refractivity contribution in [1.82, 2.24) is 9.97 Å². The summed E-state index contributed by atoms with van der Waals surface area (Å²) in [6, 6.07) is 6.59. The highest BCUT2D eigenvalue weighted by Gasteiger charge is 2.09. The van der Waals surface area contributed by atoms with Crippen LogP contribution in [0.1, 0.15) is 24.6 Å². The Morgan fingerprint density at radius 3 is 2.84 bits per heavy atom. The van der Waals surface area contributed by atoms with Crippen LogP contribution in [-0.4, -0.2) is 16.0 Å². The maximum atomic E-state index is 13.3. The first-order valence-electron chi connectivity index (χ1n) is 6.44. The fourth-order valence-electron chi connectivity index (χ4n) is 1.89. The zero-order chi connectivity index (χ0) is 13.8. The third-order valence-corrected chi connectivity index (χ3v) is 3.15. The Bertz CT molecular complexity index is 569. The zero-order valence-corrected chi connectivity index (χ0v) is 11.2. The third kappa shape index (κ3) is 3.35. The summed E-state index contributed by atoms with van der Waals surface area (Å²) < 4.78 is 13.3. The number of benzene rings is 1.